The van der Waals surface area contributed by atoms with Gasteiger partial charge in [-0.1, -0.05) is 81.6 Å². The van der Waals surface area contributed by atoms with E-state index in [0.717, 1.165) is 10.0 Å². The van der Waals surface area contributed by atoms with E-state index in [0.29, 0.717) is 46.0 Å². The fourth-order valence-corrected chi connectivity index (χ4v) is 5.35. The van der Waals surface area contributed by atoms with Gasteiger partial charge >= 0.3 is 0 Å². The van der Waals surface area contributed by atoms with E-state index in [4.69, 9.17) is 28.2 Å². The molecule has 8 heteroatoms. The van der Waals surface area contributed by atoms with Crippen molar-refractivity contribution in [1.29, 1.82) is 0 Å². The monoisotopic (exact) mass is 619 g/mol. The van der Waals surface area contributed by atoms with Gasteiger partial charge in [-0.05, 0) is 73.5 Å². The maximum Gasteiger partial charge on any atom is 0.266 e. The van der Waals surface area contributed by atoms with Crippen LogP contribution in [0.15, 0.2) is 106 Å². The Balaban J connectivity index is 1.66. The lowest BCUT2D eigenvalue weighted by Crippen LogP contribution is -2.39. The van der Waals surface area contributed by atoms with Crippen molar-refractivity contribution in [2.75, 3.05) is 6.54 Å². The minimum atomic E-state index is -0.575. The van der Waals surface area contributed by atoms with Gasteiger partial charge in [-0.3, -0.25) is 14.2 Å². The molecule has 4 aromatic carbocycles. The minimum absolute atomic E-state index is 0.204. The number of benzene rings is 4. The highest BCUT2D eigenvalue weighted by Crippen LogP contribution is 2.28. The minimum Gasteiger partial charge on any atom is -0.328 e. The summed E-state index contributed by atoms with van der Waals surface area (Å²) in [7, 11) is 0. The zero-order valence-electron chi connectivity index (χ0n) is 21.0. The normalized spacial score (nSPS) is 11.9. The molecule has 0 N–H and O–H groups in total. The van der Waals surface area contributed by atoms with E-state index in [-0.39, 0.29) is 16.5 Å². The smallest absolute Gasteiger partial charge is 0.266 e. The molecule has 39 heavy (non-hydrogen) atoms. The van der Waals surface area contributed by atoms with Crippen LogP contribution in [0.5, 0.6) is 0 Å². The molecule has 0 saturated heterocycles. The van der Waals surface area contributed by atoms with Crippen molar-refractivity contribution in [3.05, 3.63) is 139 Å². The molecule has 0 aliphatic heterocycles. The number of rotatable bonds is 7. The second-order valence-corrected chi connectivity index (χ2v) is 10.9. The first-order chi connectivity index (χ1) is 18.8. The molecule has 196 valence electrons. The first-order valence-electron chi connectivity index (χ1n) is 12.4. The van der Waals surface area contributed by atoms with Crippen molar-refractivity contribution < 1.29 is 4.79 Å². The summed E-state index contributed by atoms with van der Waals surface area (Å²) in [5, 5.41) is 1.21. The molecule has 0 aliphatic carbocycles. The molecule has 0 bridgehead atoms. The second kappa shape index (κ2) is 11.7. The van der Waals surface area contributed by atoms with E-state index in [1.54, 1.807) is 33.7 Å². The third-order valence-electron chi connectivity index (χ3n) is 6.63. The lowest BCUT2D eigenvalue weighted by atomic mass is 10.1. The molecule has 0 radical (unpaired) electrons. The standard InChI is InChI=1S/C31H24BrCl2N3O2/c1-20(29-35-28-10-6-5-9-26(28)31(39)37(29)24-14-11-22(32)12-15-24)36(18-17-21-7-3-2-4-8-21)30(38)25-16-13-23(33)19-27(25)34/h2-16,19-20H,17-18H2,1H3. The van der Waals surface area contributed by atoms with Crippen LogP contribution in [-0.2, 0) is 6.42 Å². The van der Waals surface area contributed by atoms with Crippen LogP contribution >= 0.6 is 39.1 Å². The van der Waals surface area contributed by atoms with Gasteiger partial charge in [0, 0.05) is 16.0 Å². The zero-order valence-corrected chi connectivity index (χ0v) is 24.1. The Morgan fingerprint density at radius 3 is 2.36 bits per heavy atom. The van der Waals surface area contributed by atoms with Crippen molar-refractivity contribution in [1.82, 2.24) is 14.5 Å². The Morgan fingerprint density at radius 1 is 0.949 bits per heavy atom. The molecule has 0 fully saturated rings. The van der Waals surface area contributed by atoms with Gasteiger partial charge in [-0.15, -0.1) is 0 Å². The molecule has 1 atom stereocenters. The van der Waals surface area contributed by atoms with Gasteiger partial charge in [0.05, 0.1) is 33.2 Å². The van der Waals surface area contributed by atoms with E-state index in [1.165, 1.54) is 0 Å². The Kier molecular flexibility index (Phi) is 8.17. The first kappa shape index (κ1) is 27.1. The Labute approximate surface area is 244 Å². The lowest BCUT2D eigenvalue weighted by molar-refractivity contribution is 0.0684. The lowest BCUT2D eigenvalue weighted by Gasteiger charge is -2.31. The fourth-order valence-electron chi connectivity index (χ4n) is 4.59. The predicted molar refractivity (Wildman–Crippen MR) is 161 cm³/mol. The van der Waals surface area contributed by atoms with Crippen LogP contribution < -0.4 is 5.56 Å². The number of aromatic nitrogens is 2. The van der Waals surface area contributed by atoms with Crippen LogP contribution in [0.25, 0.3) is 16.6 Å². The van der Waals surface area contributed by atoms with E-state index in [9.17, 15) is 9.59 Å². The molecule has 0 spiro atoms. The summed E-state index contributed by atoms with van der Waals surface area (Å²) in [5.41, 5.74) is 2.44. The summed E-state index contributed by atoms with van der Waals surface area (Å²) < 4.78 is 2.48. The highest BCUT2D eigenvalue weighted by atomic mass is 79.9. The van der Waals surface area contributed by atoms with E-state index in [2.05, 4.69) is 15.9 Å². The van der Waals surface area contributed by atoms with Gasteiger partial charge in [-0.25, -0.2) is 4.98 Å². The van der Waals surface area contributed by atoms with E-state index < -0.39 is 6.04 Å². The molecule has 1 aromatic heterocycles. The number of halogens is 3. The molecule has 0 aliphatic rings. The SMILES string of the molecule is CC(c1nc2ccccc2c(=O)n1-c1ccc(Br)cc1)N(CCc1ccccc1)C(=O)c1ccc(Cl)cc1Cl. The van der Waals surface area contributed by atoms with Crippen LogP contribution in [0.1, 0.15) is 34.7 Å². The number of carbonyl (C=O) groups is 1. The molecule has 5 rings (SSSR count). The summed E-state index contributed by atoms with van der Waals surface area (Å²) >= 11 is 16.1. The van der Waals surface area contributed by atoms with Gasteiger partial charge in [0.1, 0.15) is 5.82 Å². The van der Waals surface area contributed by atoms with Crippen molar-refractivity contribution >= 4 is 55.9 Å². The number of hydrogen-bond donors (Lipinski definition) is 0. The molecule has 0 saturated carbocycles. The number of fused-ring (bicyclic) bond motifs is 1. The van der Waals surface area contributed by atoms with Crippen LogP contribution in [0.4, 0.5) is 0 Å². The largest absolute Gasteiger partial charge is 0.328 e. The molecule has 5 aromatic rings. The quantitative estimate of drug-likeness (QED) is 0.186. The highest BCUT2D eigenvalue weighted by Gasteiger charge is 2.28. The first-order valence-corrected chi connectivity index (χ1v) is 14.0. The van der Waals surface area contributed by atoms with Crippen LogP contribution in [0, 0.1) is 0 Å². The topological polar surface area (TPSA) is 55.2 Å². The van der Waals surface area contributed by atoms with E-state index in [1.807, 2.05) is 79.7 Å². The average molecular weight is 621 g/mol. The number of para-hydroxylation sites is 1. The Morgan fingerprint density at radius 2 is 1.64 bits per heavy atom. The van der Waals surface area contributed by atoms with Crippen LogP contribution in [-0.4, -0.2) is 26.9 Å². The average Bonchev–Trinajstić information content (AvgIpc) is 2.94. The summed E-state index contributed by atoms with van der Waals surface area (Å²) in [5.74, 6) is 0.178. The number of nitrogens with zero attached hydrogens (tertiary/aromatic N) is 3. The van der Waals surface area contributed by atoms with Crippen LogP contribution in [0.2, 0.25) is 10.0 Å². The van der Waals surface area contributed by atoms with Crippen molar-refractivity contribution in [3.8, 4) is 5.69 Å². The zero-order chi connectivity index (χ0) is 27.5. The molecule has 1 heterocycles. The van der Waals surface area contributed by atoms with Crippen molar-refractivity contribution in [2.45, 2.75) is 19.4 Å². The van der Waals surface area contributed by atoms with Gasteiger partial charge < -0.3 is 4.90 Å². The van der Waals surface area contributed by atoms with Crippen molar-refractivity contribution in [3.63, 3.8) is 0 Å². The summed E-state index contributed by atoms with van der Waals surface area (Å²) in [4.78, 5) is 34.5. The maximum atomic E-state index is 14.0. The third kappa shape index (κ3) is 5.78. The number of carbonyl (C=O) groups excluding carboxylic acids is 1. The molecular formula is C31H24BrCl2N3O2. The summed E-state index contributed by atoms with van der Waals surface area (Å²) in [6.45, 7) is 2.27. The molecule has 1 unspecified atom stereocenters. The fraction of sp³-hybridized carbons (Fsp3) is 0.129. The molecule has 5 nitrogen and oxygen atoms in total. The Hall–Kier alpha value is -3.45. The highest BCUT2D eigenvalue weighted by molar-refractivity contribution is 9.10. The van der Waals surface area contributed by atoms with Gasteiger partial charge in [0.2, 0.25) is 0 Å². The Bertz CT molecular complexity index is 1710. The molecule has 1 amide bonds. The maximum absolute atomic E-state index is 14.0. The van der Waals surface area contributed by atoms with Gasteiger partial charge in [-0.2, -0.15) is 0 Å². The third-order valence-corrected chi connectivity index (χ3v) is 7.71. The van der Waals surface area contributed by atoms with Gasteiger partial charge in [0.15, 0.2) is 0 Å². The number of hydrogen-bond acceptors (Lipinski definition) is 3. The second-order valence-electron chi connectivity index (χ2n) is 9.14. The summed E-state index contributed by atoms with van der Waals surface area (Å²) in [6, 6.07) is 28.9. The van der Waals surface area contributed by atoms with Crippen LogP contribution in [0.3, 0.4) is 0 Å². The van der Waals surface area contributed by atoms with Gasteiger partial charge in [0.25, 0.3) is 11.5 Å². The summed E-state index contributed by atoms with van der Waals surface area (Å²) in [6.07, 6.45) is 0.609. The number of amides is 1. The molecular weight excluding hydrogens is 597 g/mol. The predicted octanol–water partition coefficient (Wildman–Crippen LogP) is 7.90. The van der Waals surface area contributed by atoms with E-state index >= 15 is 0 Å². The van der Waals surface area contributed by atoms with Crippen molar-refractivity contribution in [2.24, 2.45) is 0 Å².